The third-order valence-corrected chi connectivity index (χ3v) is 3.17. The van der Waals surface area contributed by atoms with Crippen molar-refractivity contribution < 1.29 is 14.7 Å². The molecule has 0 aromatic heterocycles. The molecule has 17 heavy (non-hydrogen) atoms. The number of nitrogens with zero attached hydrogens (tertiary/aromatic N) is 1. The molecule has 4 heteroatoms. The van der Waals surface area contributed by atoms with E-state index in [1.807, 2.05) is 30.3 Å². The van der Waals surface area contributed by atoms with Crippen LogP contribution in [0.15, 0.2) is 30.3 Å². The van der Waals surface area contributed by atoms with E-state index in [0.29, 0.717) is 6.42 Å². The zero-order valence-corrected chi connectivity index (χ0v) is 9.67. The molecule has 1 aromatic rings. The lowest BCUT2D eigenvalue weighted by atomic mass is 9.95. The van der Waals surface area contributed by atoms with Crippen molar-refractivity contribution >= 4 is 11.8 Å². The number of hydrogen-bond acceptors (Lipinski definition) is 3. The topological polar surface area (TPSA) is 57.6 Å². The van der Waals surface area contributed by atoms with E-state index in [1.54, 1.807) is 0 Å². The van der Waals surface area contributed by atoms with Crippen molar-refractivity contribution in [2.75, 3.05) is 7.05 Å². The molecule has 1 aliphatic rings. The fraction of sp³-hybridized carbons (Fsp3) is 0.385. The van der Waals surface area contributed by atoms with Crippen LogP contribution in [0.25, 0.3) is 0 Å². The van der Waals surface area contributed by atoms with Crippen molar-refractivity contribution in [1.29, 1.82) is 0 Å². The average molecular weight is 233 g/mol. The number of benzene rings is 1. The number of aliphatic hydroxyl groups is 1. The molecule has 90 valence electrons. The minimum Gasteiger partial charge on any atom is -0.392 e. The Balaban J connectivity index is 2.04. The van der Waals surface area contributed by atoms with Crippen LogP contribution < -0.4 is 0 Å². The Labute approximate surface area is 99.9 Å². The predicted octanol–water partition coefficient (Wildman–Crippen LogP) is 0.595. The van der Waals surface area contributed by atoms with Gasteiger partial charge in [0, 0.05) is 13.5 Å². The molecule has 2 amide bonds. The summed E-state index contributed by atoms with van der Waals surface area (Å²) in [5.41, 5.74) is 0.967. The van der Waals surface area contributed by atoms with Crippen LogP contribution in [0.1, 0.15) is 12.0 Å². The molecule has 0 spiro atoms. The van der Waals surface area contributed by atoms with Crippen LogP contribution in [-0.2, 0) is 16.0 Å². The fourth-order valence-electron chi connectivity index (χ4n) is 2.08. The van der Waals surface area contributed by atoms with Gasteiger partial charge in [0.25, 0.3) is 0 Å². The van der Waals surface area contributed by atoms with Crippen molar-refractivity contribution in [2.45, 2.75) is 18.9 Å². The number of rotatable bonds is 3. The van der Waals surface area contributed by atoms with Gasteiger partial charge in [-0.15, -0.1) is 0 Å². The lowest BCUT2D eigenvalue weighted by Crippen LogP contribution is -2.31. The zero-order chi connectivity index (χ0) is 12.4. The van der Waals surface area contributed by atoms with E-state index in [4.69, 9.17) is 0 Å². The third-order valence-electron chi connectivity index (χ3n) is 3.17. The lowest BCUT2D eigenvalue weighted by Gasteiger charge is -2.16. The highest BCUT2D eigenvalue weighted by Crippen LogP contribution is 2.23. The van der Waals surface area contributed by atoms with Gasteiger partial charge in [0.05, 0.1) is 12.0 Å². The molecule has 4 nitrogen and oxygen atoms in total. The number of carbonyl (C=O) groups excluding carboxylic acids is 2. The van der Waals surface area contributed by atoms with Gasteiger partial charge in [0.2, 0.25) is 11.8 Å². The third kappa shape index (κ3) is 2.36. The summed E-state index contributed by atoms with van der Waals surface area (Å²) in [5.74, 6) is -1.08. The SMILES string of the molecule is CN1C(=O)CC(C(O)Cc2ccccc2)C1=O. The molecule has 2 unspecified atom stereocenters. The van der Waals surface area contributed by atoms with E-state index in [2.05, 4.69) is 0 Å². The monoisotopic (exact) mass is 233 g/mol. The maximum atomic E-state index is 11.7. The lowest BCUT2D eigenvalue weighted by molar-refractivity contribution is -0.138. The van der Waals surface area contributed by atoms with Crippen molar-refractivity contribution in [2.24, 2.45) is 5.92 Å². The first kappa shape index (κ1) is 11.8. The first-order valence-corrected chi connectivity index (χ1v) is 5.62. The maximum absolute atomic E-state index is 11.7. The van der Waals surface area contributed by atoms with E-state index in [-0.39, 0.29) is 18.2 Å². The van der Waals surface area contributed by atoms with Crippen LogP contribution in [-0.4, -0.2) is 35.0 Å². The first-order chi connectivity index (χ1) is 8.09. The quantitative estimate of drug-likeness (QED) is 0.778. The Hall–Kier alpha value is -1.68. The van der Waals surface area contributed by atoms with Crippen LogP contribution >= 0.6 is 0 Å². The van der Waals surface area contributed by atoms with Gasteiger partial charge in [-0.25, -0.2) is 0 Å². The van der Waals surface area contributed by atoms with Crippen LogP contribution in [0.4, 0.5) is 0 Å². The van der Waals surface area contributed by atoms with Crippen LogP contribution in [0, 0.1) is 5.92 Å². The predicted molar refractivity (Wildman–Crippen MR) is 62.0 cm³/mol. The molecular weight excluding hydrogens is 218 g/mol. The highest BCUT2D eigenvalue weighted by Gasteiger charge is 2.40. The largest absolute Gasteiger partial charge is 0.392 e. The van der Waals surface area contributed by atoms with E-state index in [9.17, 15) is 14.7 Å². The standard InChI is InChI=1S/C13H15NO3/c1-14-12(16)8-10(13(14)17)11(15)7-9-5-3-2-4-6-9/h2-6,10-11,15H,7-8H2,1H3. The fourth-order valence-corrected chi connectivity index (χ4v) is 2.08. The molecular formula is C13H15NO3. The minimum atomic E-state index is -0.793. The van der Waals surface area contributed by atoms with Gasteiger partial charge in [-0.05, 0) is 12.0 Å². The van der Waals surface area contributed by atoms with Gasteiger partial charge in [-0.2, -0.15) is 0 Å². The Morgan fingerprint density at radius 2 is 2.00 bits per heavy atom. The second-order valence-corrected chi connectivity index (χ2v) is 4.36. The van der Waals surface area contributed by atoms with Gasteiger partial charge in [0.1, 0.15) is 0 Å². The number of aliphatic hydroxyl groups excluding tert-OH is 1. The van der Waals surface area contributed by atoms with Crippen LogP contribution in [0.3, 0.4) is 0 Å². The van der Waals surface area contributed by atoms with Crippen LogP contribution in [0.5, 0.6) is 0 Å². The van der Waals surface area contributed by atoms with Gasteiger partial charge in [0.15, 0.2) is 0 Å². The average Bonchev–Trinajstić information content (AvgIpc) is 2.58. The summed E-state index contributed by atoms with van der Waals surface area (Å²) in [7, 11) is 1.46. The molecule has 1 heterocycles. The minimum absolute atomic E-state index is 0.114. The summed E-state index contributed by atoms with van der Waals surface area (Å²) < 4.78 is 0. The Morgan fingerprint density at radius 3 is 2.53 bits per heavy atom. The molecule has 0 radical (unpaired) electrons. The highest BCUT2D eigenvalue weighted by atomic mass is 16.3. The number of carbonyl (C=O) groups is 2. The summed E-state index contributed by atoms with van der Waals surface area (Å²) in [6, 6.07) is 9.46. The van der Waals surface area contributed by atoms with E-state index >= 15 is 0 Å². The maximum Gasteiger partial charge on any atom is 0.235 e. The van der Waals surface area contributed by atoms with Gasteiger partial charge >= 0.3 is 0 Å². The Bertz CT molecular complexity index is 430. The molecule has 1 saturated heterocycles. The molecule has 1 fully saturated rings. The Morgan fingerprint density at radius 1 is 1.35 bits per heavy atom. The molecule has 1 N–H and O–H groups in total. The molecule has 2 rings (SSSR count). The van der Waals surface area contributed by atoms with E-state index in [0.717, 1.165) is 10.5 Å². The molecule has 0 saturated carbocycles. The second-order valence-electron chi connectivity index (χ2n) is 4.36. The normalized spacial score (nSPS) is 22.0. The van der Waals surface area contributed by atoms with Crippen molar-refractivity contribution in [1.82, 2.24) is 4.90 Å². The first-order valence-electron chi connectivity index (χ1n) is 5.62. The highest BCUT2D eigenvalue weighted by molar-refractivity contribution is 6.03. The van der Waals surface area contributed by atoms with Crippen molar-refractivity contribution in [3.63, 3.8) is 0 Å². The molecule has 1 aromatic carbocycles. The molecule has 2 atom stereocenters. The van der Waals surface area contributed by atoms with Crippen molar-refractivity contribution in [3.8, 4) is 0 Å². The number of likely N-dealkylation sites (tertiary alicyclic amines) is 1. The number of hydrogen-bond donors (Lipinski definition) is 1. The van der Waals surface area contributed by atoms with E-state index in [1.165, 1.54) is 7.05 Å². The summed E-state index contributed by atoms with van der Waals surface area (Å²) in [4.78, 5) is 24.1. The summed E-state index contributed by atoms with van der Waals surface area (Å²) >= 11 is 0. The smallest absolute Gasteiger partial charge is 0.235 e. The summed E-state index contributed by atoms with van der Waals surface area (Å²) in [5, 5.41) is 10.0. The van der Waals surface area contributed by atoms with Gasteiger partial charge in [-0.1, -0.05) is 30.3 Å². The molecule has 1 aliphatic heterocycles. The van der Waals surface area contributed by atoms with E-state index < -0.39 is 12.0 Å². The van der Waals surface area contributed by atoms with Crippen molar-refractivity contribution in [3.05, 3.63) is 35.9 Å². The molecule has 0 aliphatic carbocycles. The van der Waals surface area contributed by atoms with Crippen LogP contribution in [0.2, 0.25) is 0 Å². The summed E-state index contributed by atoms with van der Waals surface area (Å²) in [6.45, 7) is 0. The molecule has 0 bridgehead atoms. The zero-order valence-electron chi connectivity index (χ0n) is 9.67. The van der Waals surface area contributed by atoms with Gasteiger partial charge < -0.3 is 5.11 Å². The number of imide groups is 1. The Kier molecular flexibility index (Phi) is 3.24. The number of amides is 2. The van der Waals surface area contributed by atoms with Gasteiger partial charge in [-0.3, -0.25) is 14.5 Å². The second kappa shape index (κ2) is 4.67. The summed E-state index contributed by atoms with van der Waals surface area (Å²) in [6.07, 6.45) is -0.277.